The van der Waals surface area contributed by atoms with Crippen LogP contribution in [0, 0.1) is 17.7 Å². The molecule has 0 unspecified atom stereocenters. The van der Waals surface area contributed by atoms with Gasteiger partial charge in [-0.15, -0.1) is 0 Å². The number of hydrogen-bond donors (Lipinski definition) is 1. The van der Waals surface area contributed by atoms with Crippen molar-refractivity contribution in [3.8, 4) is 11.8 Å². The summed E-state index contributed by atoms with van der Waals surface area (Å²) < 4.78 is 74.3. The van der Waals surface area contributed by atoms with Gasteiger partial charge in [0.2, 0.25) is 10.0 Å². The highest BCUT2D eigenvalue weighted by molar-refractivity contribution is 7.89. The summed E-state index contributed by atoms with van der Waals surface area (Å²) in [5, 5.41) is 8.58. The second-order valence-corrected chi connectivity index (χ2v) is 5.99. The van der Waals surface area contributed by atoms with Crippen molar-refractivity contribution in [2.75, 3.05) is 20.2 Å². The van der Waals surface area contributed by atoms with Gasteiger partial charge in [0.25, 0.3) is 0 Å². The van der Waals surface area contributed by atoms with E-state index in [0.29, 0.717) is 0 Å². The Hall–Kier alpha value is -1.63. The van der Waals surface area contributed by atoms with Crippen LogP contribution in [-0.4, -0.2) is 44.2 Å². The van der Waals surface area contributed by atoms with Crippen molar-refractivity contribution in [1.29, 1.82) is 0 Å². The Morgan fingerprint density at radius 1 is 1.33 bits per heavy atom. The number of nitrogens with zero attached hydrogens (tertiary/aromatic N) is 1. The third-order valence-electron chi connectivity index (χ3n) is 2.33. The highest BCUT2D eigenvalue weighted by atomic mass is 32.2. The zero-order valence-corrected chi connectivity index (χ0v) is 11.6. The largest absolute Gasteiger partial charge is 0.402 e. The van der Waals surface area contributed by atoms with Gasteiger partial charge in [0.05, 0.1) is 4.90 Å². The van der Waals surface area contributed by atoms with E-state index in [0.717, 1.165) is 25.2 Å². The molecule has 0 bridgehead atoms. The van der Waals surface area contributed by atoms with Gasteiger partial charge in [0.1, 0.15) is 19.0 Å². The molecule has 0 atom stereocenters. The topological polar surface area (TPSA) is 57.6 Å². The highest BCUT2D eigenvalue weighted by Crippen LogP contribution is 2.23. The van der Waals surface area contributed by atoms with Gasteiger partial charge in [-0.2, -0.15) is 17.5 Å². The lowest BCUT2D eigenvalue weighted by Crippen LogP contribution is -2.36. The van der Waals surface area contributed by atoms with Crippen molar-refractivity contribution in [2.45, 2.75) is 11.1 Å². The molecule has 21 heavy (non-hydrogen) atoms. The molecule has 4 nitrogen and oxygen atoms in total. The third kappa shape index (κ3) is 4.70. The van der Waals surface area contributed by atoms with Gasteiger partial charge in [-0.05, 0) is 18.2 Å². The van der Waals surface area contributed by atoms with Crippen LogP contribution in [0.1, 0.15) is 5.56 Å². The molecule has 0 amide bonds. The number of hydrogen-bond acceptors (Lipinski definition) is 3. The number of sulfonamides is 1. The van der Waals surface area contributed by atoms with E-state index in [1.165, 1.54) is 0 Å². The van der Waals surface area contributed by atoms with E-state index in [1.54, 1.807) is 0 Å². The van der Waals surface area contributed by atoms with E-state index in [4.69, 9.17) is 5.11 Å². The number of halogens is 4. The van der Waals surface area contributed by atoms with Crippen LogP contribution in [0.2, 0.25) is 0 Å². The fraction of sp³-hybridized carbons (Fsp3) is 0.333. The lowest BCUT2D eigenvalue weighted by Gasteiger charge is -2.19. The second kappa shape index (κ2) is 6.43. The predicted molar refractivity (Wildman–Crippen MR) is 66.2 cm³/mol. The van der Waals surface area contributed by atoms with Gasteiger partial charge >= 0.3 is 6.18 Å². The molecule has 0 spiro atoms. The van der Waals surface area contributed by atoms with Gasteiger partial charge in [0, 0.05) is 12.6 Å². The highest BCUT2D eigenvalue weighted by Gasteiger charge is 2.35. The first kappa shape index (κ1) is 17.4. The monoisotopic (exact) mass is 325 g/mol. The standard InChI is InChI=1S/C12H11F4NO3S/c1-17(8-12(14,15)16)21(19,20)11-5-4-10(13)7-9(11)3-2-6-18/h4-5,7,18H,6,8H2,1H3. The molecule has 0 aliphatic rings. The summed E-state index contributed by atoms with van der Waals surface area (Å²) in [7, 11) is -3.73. The molecule has 9 heteroatoms. The SMILES string of the molecule is CN(CC(F)(F)F)S(=O)(=O)c1ccc(F)cc1C#CCO. The molecule has 0 saturated heterocycles. The van der Waals surface area contributed by atoms with Crippen molar-refractivity contribution in [1.82, 2.24) is 4.31 Å². The first-order chi connectivity index (χ1) is 9.58. The van der Waals surface area contributed by atoms with Gasteiger partial charge in [-0.3, -0.25) is 0 Å². The van der Waals surface area contributed by atoms with Crippen molar-refractivity contribution in [3.63, 3.8) is 0 Å². The Bertz CT molecular complexity index is 674. The van der Waals surface area contributed by atoms with Crippen LogP contribution in [0.15, 0.2) is 23.1 Å². The van der Waals surface area contributed by atoms with Crippen LogP contribution in [0.3, 0.4) is 0 Å². The predicted octanol–water partition coefficient (Wildman–Crippen LogP) is 1.35. The first-order valence-corrected chi connectivity index (χ1v) is 6.94. The molecule has 0 aromatic heterocycles. The van der Waals surface area contributed by atoms with Gasteiger partial charge in [-0.25, -0.2) is 12.8 Å². The minimum atomic E-state index is -4.71. The van der Waals surface area contributed by atoms with Crippen molar-refractivity contribution in [3.05, 3.63) is 29.6 Å². The molecule has 0 heterocycles. The zero-order valence-electron chi connectivity index (χ0n) is 10.8. The minimum Gasteiger partial charge on any atom is -0.384 e. The van der Waals surface area contributed by atoms with Crippen molar-refractivity contribution >= 4 is 10.0 Å². The number of rotatable bonds is 3. The number of aliphatic hydroxyl groups excluding tert-OH is 1. The summed E-state index contributed by atoms with van der Waals surface area (Å²) in [6.07, 6.45) is -4.71. The molecular formula is C12H11F4NO3S. The Labute approximate surface area is 119 Å². The quantitative estimate of drug-likeness (QED) is 0.674. The Morgan fingerprint density at radius 2 is 1.95 bits per heavy atom. The molecule has 0 aliphatic carbocycles. The Morgan fingerprint density at radius 3 is 2.48 bits per heavy atom. The summed E-state index contributed by atoms with van der Waals surface area (Å²) >= 11 is 0. The fourth-order valence-electron chi connectivity index (χ4n) is 1.46. The van der Waals surface area contributed by atoms with Crippen LogP contribution < -0.4 is 0 Å². The van der Waals surface area contributed by atoms with E-state index in [9.17, 15) is 26.0 Å². The molecule has 0 saturated carbocycles. The lowest BCUT2D eigenvalue weighted by atomic mass is 10.2. The Balaban J connectivity index is 3.31. The molecule has 116 valence electrons. The van der Waals surface area contributed by atoms with E-state index in [2.05, 4.69) is 11.8 Å². The molecule has 0 fully saturated rings. The maximum absolute atomic E-state index is 13.1. The summed E-state index contributed by atoms with van der Waals surface area (Å²) in [5.74, 6) is 3.53. The van der Waals surface area contributed by atoms with Crippen LogP contribution in [0.25, 0.3) is 0 Å². The van der Waals surface area contributed by atoms with Gasteiger partial charge < -0.3 is 5.11 Å². The van der Waals surface area contributed by atoms with Gasteiger partial charge in [-0.1, -0.05) is 11.8 Å². The summed E-state index contributed by atoms with van der Waals surface area (Å²) in [6, 6.07) is 2.41. The van der Waals surface area contributed by atoms with Crippen LogP contribution in [0.4, 0.5) is 17.6 Å². The Kier molecular flexibility index (Phi) is 5.33. The number of benzene rings is 1. The summed E-state index contributed by atoms with van der Waals surface area (Å²) in [6.45, 7) is -2.28. The summed E-state index contributed by atoms with van der Waals surface area (Å²) in [4.78, 5) is -0.559. The molecule has 0 radical (unpaired) electrons. The summed E-state index contributed by atoms with van der Waals surface area (Å²) in [5.41, 5.74) is -0.321. The zero-order chi connectivity index (χ0) is 16.3. The third-order valence-corrected chi connectivity index (χ3v) is 4.20. The lowest BCUT2D eigenvalue weighted by molar-refractivity contribution is -0.134. The van der Waals surface area contributed by atoms with E-state index in [-0.39, 0.29) is 9.87 Å². The normalized spacial score (nSPS) is 12.1. The number of alkyl halides is 3. The number of aliphatic hydroxyl groups is 1. The molecular weight excluding hydrogens is 314 g/mol. The maximum Gasteiger partial charge on any atom is 0.402 e. The van der Waals surface area contributed by atoms with Crippen LogP contribution in [-0.2, 0) is 10.0 Å². The fourth-order valence-corrected chi connectivity index (χ4v) is 2.74. The molecule has 0 aliphatic heterocycles. The molecule has 1 aromatic rings. The van der Waals surface area contributed by atoms with E-state index in [1.807, 2.05) is 0 Å². The van der Waals surface area contributed by atoms with Crippen molar-refractivity contribution < 1.29 is 31.1 Å². The van der Waals surface area contributed by atoms with E-state index >= 15 is 0 Å². The van der Waals surface area contributed by atoms with Crippen LogP contribution >= 0.6 is 0 Å². The maximum atomic E-state index is 13.1. The van der Waals surface area contributed by atoms with Gasteiger partial charge in [0.15, 0.2) is 0 Å². The molecule has 1 aromatic carbocycles. The average molecular weight is 325 g/mol. The first-order valence-electron chi connectivity index (χ1n) is 5.50. The average Bonchev–Trinajstić information content (AvgIpc) is 2.34. The van der Waals surface area contributed by atoms with Crippen molar-refractivity contribution in [2.24, 2.45) is 0 Å². The smallest absolute Gasteiger partial charge is 0.384 e. The minimum absolute atomic E-state index is 0.102. The second-order valence-electron chi connectivity index (χ2n) is 3.98. The molecule has 1 rings (SSSR count). The van der Waals surface area contributed by atoms with E-state index < -0.39 is 40.1 Å². The molecule has 1 N–H and O–H groups in total. The van der Waals surface area contributed by atoms with Crippen LogP contribution in [0.5, 0.6) is 0 Å².